The molecule has 0 aromatic rings. The Hall–Kier alpha value is -2.28. The lowest BCUT2D eigenvalue weighted by Crippen LogP contribution is -2.50. The molecular weight excluding hydrogens is 905 g/mol. The summed E-state index contributed by atoms with van der Waals surface area (Å²) in [6.45, 7) is 17.5. The minimum Gasteiger partial charge on any atom is -0.469 e. The molecule has 1 rings (SSSR count). The smallest absolute Gasteiger partial charge is 0.307 e. The average Bonchev–Trinajstić information content (AvgIpc) is 3.39. The monoisotopic (exact) mass is 1020 g/mol. The van der Waals surface area contributed by atoms with Gasteiger partial charge in [-0.15, -0.1) is 0 Å². The maximum Gasteiger partial charge on any atom is 0.307 e. The van der Waals surface area contributed by atoms with Crippen molar-refractivity contribution in [2.45, 2.75) is 258 Å². The van der Waals surface area contributed by atoms with E-state index >= 15 is 0 Å². The lowest BCUT2D eigenvalue weighted by molar-refractivity contribution is -0.145. The third-order valence-electron chi connectivity index (χ3n) is 14.7. The van der Waals surface area contributed by atoms with E-state index in [9.17, 15) is 19.2 Å². The van der Waals surface area contributed by atoms with Gasteiger partial charge in [-0.05, 0) is 19.3 Å². The number of piperazine rings is 1. The Morgan fingerprint density at radius 3 is 0.778 bits per heavy atom. The van der Waals surface area contributed by atoms with Crippen LogP contribution in [0.5, 0.6) is 0 Å². The SMILES string of the molecule is CCCCCCCCCCCCCOC(=O)CCN(CCC(=O)OC)CCN1CCN(CCN(CCC(=O)OCCCCCCCCCCCCC)CCC(=O)OCCCCCCCCCCCCC)CC1. The molecule has 0 atom stereocenters. The molecule has 0 amide bonds. The standard InChI is InChI=1S/C60H116N4O8/c1-5-8-11-14-17-20-23-26-29-32-35-54-70-58(66)39-43-61(42-38-57(65)69-4)46-48-63-50-52-64(53-51-63)49-47-62(44-40-59(67)71-55-36-33-30-27-24-21-18-15-12-9-6-2)45-41-60(68)72-56-37-34-31-28-25-22-19-16-13-10-7-3/h5-56H2,1-4H3. The normalized spacial score (nSPS) is 13.3. The number of hydrogen-bond acceptors (Lipinski definition) is 12. The minimum atomic E-state index is -0.241. The molecule has 1 saturated heterocycles. The lowest BCUT2D eigenvalue weighted by Gasteiger charge is -2.36. The molecule has 0 spiro atoms. The van der Waals surface area contributed by atoms with E-state index in [1.807, 2.05) is 0 Å². The zero-order valence-electron chi connectivity index (χ0n) is 47.8. The van der Waals surface area contributed by atoms with Gasteiger partial charge in [-0.2, -0.15) is 0 Å². The zero-order chi connectivity index (χ0) is 52.2. The lowest BCUT2D eigenvalue weighted by atomic mass is 10.1. The number of methoxy groups -OCH3 is 1. The van der Waals surface area contributed by atoms with Crippen LogP contribution in [-0.4, -0.2) is 149 Å². The number of rotatable bonds is 54. The molecule has 0 saturated carbocycles. The molecule has 1 aliphatic rings. The first kappa shape index (κ1) is 67.7. The van der Waals surface area contributed by atoms with Crippen LogP contribution in [0.25, 0.3) is 0 Å². The molecule has 72 heavy (non-hydrogen) atoms. The molecular formula is C60H116N4O8. The number of nitrogens with zero attached hydrogens (tertiary/aromatic N) is 4. The van der Waals surface area contributed by atoms with Crippen molar-refractivity contribution < 1.29 is 38.1 Å². The predicted molar refractivity (Wildman–Crippen MR) is 299 cm³/mol. The summed E-state index contributed by atoms with van der Waals surface area (Å²) < 4.78 is 21.8. The Balaban J connectivity index is 2.49. The van der Waals surface area contributed by atoms with Gasteiger partial charge in [-0.1, -0.05) is 213 Å². The third-order valence-corrected chi connectivity index (χ3v) is 14.7. The van der Waals surface area contributed by atoms with Crippen LogP contribution >= 0.6 is 0 Å². The molecule has 0 aliphatic carbocycles. The van der Waals surface area contributed by atoms with Gasteiger partial charge in [0.15, 0.2) is 0 Å². The number of carbonyl (C=O) groups excluding carboxylic acids is 4. The van der Waals surface area contributed by atoms with E-state index in [1.165, 1.54) is 180 Å². The first-order valence-electron chi connectivity index (χ1n) is 30.7. The number of hydrogen-bond donors (Lipinski definition) is 0. The highest BCUT2D eigenvalue weighted by Crippen LogP contribution is 2.15. The maximum absolute atomic E-state index is 12.8. The van der Waals surface area contributed by atoms with Gasteiger partial charge in [0.1, 0.15) is 0 Å². The van der Waals surface area contributed by atoms with Gasteiger partial charge < -0.3 is 28.7 Å². The van der Waals surface area contributed by atoms with Crippen LogP contribution in [0.2, 0.25) is 0 Å². The zero-order valence-corrected chi connectivity index (χ0v) is 47.8. The first-order valence-corrected chi connectivity index (χ1v) is 30.7. The van der Waals surface area contributed by atoms with E-state index < -0.39 is 0 Å². The van der Waals surface area contributed by atoms with E-state index in [0.717, 1.165) is 90.9 Å². The summed E-state index contributed by atoms with van der Waals surface area (Å²) in [6, 6.07) is 0. The molecule has 0 radical (unpaired) electrons. The fraction of sp³-hybridized carbons (Fsp3) is 0.933. The Morgan fingerprint density at radius 2 is 0.542 bits per heavy atom. The van der Waals surface area contributed by atoms with Crippen LogP contribution in [0.1, 0.15) is 258 Å². The van der Waals surface area contributed by atoms with Crippen LogP contribution in [0, 0.1) is 0 Å². The average molecular weight is 1020 g/mol. The molecule has 12 nitrogen and oxygen atoms in total. The summed E-state index contributed by atoms with van der Waals surface area (Å²) in [7, 11) is 1.42. The topological polar surface area (TPSA) is 118 Å². The highest BCUT2D eigenvalue weighted by atomic mass is 16.5. The Bertz CT molecular complexity index is 1190. The number of unbranched alkanes of at least 4 members (excludes halogenated alkanes) is 30. The molecule has 0 aromatic carbocycles. The van der Waals surface area contributed by atoms with Gasteiger partial charge in [0, 0.05) is 78.5 Å². The predicted octanol–water partition coefficient (Wildman–Crippen LogP) is 13.5. The van der Waals surface area contributed by atoms with Crippen molar-refractivity contribution in [3.63, 3.8) is 0 Å². The number of esters is 4. The van der Waals surface area contributed by atoms with Crippen molar-refractivity contribution in [1.82, 2.24) is 19.6 Å². The van der Waals surface area contributed by atoms with Crippen LogP contribution in [0.15, 0.2) is 0 Å². The van der Waals surface area contributed by atoms with Crippen LogP contribution in [0.4, 0.5) is 0 Å². The van der Waals surface area contributed by atoms with E-state index in [-0.39, 0.29) is 23.9 Å². The fourth-order valence-electron chi connectivity index (χ4n) is 9.65. The van der Waals surface area contributed by atoms with E-state index in [4.69, 9.17) is 18.9 Å². The largest absolute Gasteiger partial charge is 0.469 e. The Labute approximate surface area is 443 Å². The van der Waals surface area contributed by atoms with Crippen molar-refractivity contribution in [3.05, 3.63) is 0 Å². The molecule has 1 aliphatic heterocycles. The second kappa shape index (κ2) is 52.2. The molecule has 1 fully saturated rings. The van der Waals surface area contributed by atoms with E-state index in [2.05, 4.69) is 40.4 Å². The molecule has 0 N–H and O–H groups in total. The third kappa shape index (κ3) is 45.1. The van der Waals surface area contributed by atoms with Crippen molar-refractivity contribution in [1.29, 1.82) is 0 Å². The summed E-state index contributed by atoms with van der Waals surface area (Å²) in [5.41, 5.74) is 0. The minimum absolute atomic E-state index is 0.156. The van der Waals surface area contributed by atoms with Crippen molar-refractivity contribution in [2.75, 3.05) is 105 Å². The van der Waals surface area contributed by atoms with Gasteiger partial charge in [0.25, 0.3) is 0 Å². The van der Waals surface area contributed by atoms with Gasteiger partial charge in [-0.25, -0.2) is 0 Å². The molecule has 1 heterocycles. The van der Waals surface area contributed by atoms with Crippen LogP contribution < -0.4 is 0 Å². The first-order chi connectivity index (χ1) is 35.3. The molecule has 0 unspecified atom stereocenters. The second-order valence-corrected chi connectivity index (χ2v) is 21.2. The number of carbonyl (C=O) groups is 4. The summed E-state index contributed by atoms with van der Waals surface area (Å²) in [5.74, 6) is -0.718. The summed E-state index contributed by atoms with van der Waals surface area (Å²) in [6.07, 6.45) is 42.9. The number of ether oxygens (including phenoxy) is 4. The highest BCUT2D eigenvalue weighted by Gasteiger charge is 2.20. The van der Waals surface area contributed by atoms with Crippen molar-refractivity contribution in [3.8, 4) is 0 Å². The van der Waals surface area contributed by atoms with E-state index in [1.54, 1.807) is 0 Å². The maximum atomic E-state index is 12.8. The van der Waals surface area contributed by atoms with Gasteiger partial charge >= 0.3 is 23.9 Å². The quantitative estimate of drug-likeness (QED) is 0.0328. The summed E-state index contributed by atoms with van der Waals surface area (Å²) in [5, 5.41) is 0. The van der Waals surface area contributed by atoms with Crippen LogP contribution in [0.3, 0.4) is 0 Å². The van der Waals surface area contributed by atoms with Gasteiger partial charge in [-0.3, -0.25) is 29.0 Å². The van der Waals surface area contributed by atoms with Gasteiger partial charge in [0.2, 0.25) is 0 Å². The van der Waals surface area contributed by atoms with Gasteiger partial charge in [0.05, 0.1) is 52.6 Å². The molecule has 12 heteroatoms. The molecule has 0 aromatic heterocycles. The van der Waals surface area contributed by atoms with E-state index in [0.29, 0.717) is 71.7 Å². The van der Waals surface area contributed by atoms with Crippen molar-refractivity contribution in [2.24, 2.45) is 0 Å². The van der Waals surface area contributed by atoms with Crippen LogP contribution in [-0.2, 0) is 38.1 Å². The fourth-order valence-corrected chi connectivity index (χ4v) is 9.65. The summed E-state index contributed by atoms with van der Waals surface area (Å²) >= 11 is 0. The highest BCUT2D eigenvalue weighted by molar-refractivity contribution is 5.70. The second-order valence-electron chi connectivity index (χ2n) is 21.2. The molecule has 0 bridgehead atoms. The molecule has 424 valence electrons. The van der Waals surface area contributed by atoms with Crippen molar-refractivity contribution >= 4 is 23.9 Å². The Morgan fingerprint density at radius 1 is 0.319 bits per heavy atom. The Kier molecular flexibility index (Phi) is 49.1. The summed E-state index contributed by atoms with van der Waals surface area (Å²) in [4.78, 5) is 59.7.